The van der Waals surface area contributed by atoms with E-state index in [4.69, 9.17) is 11.6 Å². The van der Waals surface area contributed by atoms with Crippen molar-refractivity contribution in [3.05, 3.63) is 75.5 Å². The van der Waals surface area contributed by atoms with E-state index in [1.165, 1.54) is 18.2 Å². The van der Waals surface area contributed by atoms with Crippen LogP contribution < -0.4 is 5.32 Å². The molecule has 2 aromatic rings. The fourth-order valence-corrected chi connectivity index (χ4v) is 3.01. The molecule has 1 atom stereocenters. The first kappa shape index (κ1) is 25.4. The summed E-state index contributed by atoms with van der Waals surface area (Å²) >= 11 is 5.71. The lowest BCUT2D eigenvalue weighted by atomic mass is 9.87. The summed E-state index contributed by atoms with van der Waals surface area (Å²) in [5, 5.41) is 21.4. The van der Waals surface area contributed by atoms with Crippen LogP contribution in [0.25, 0.3) is 0 Å². The van der Waals surface area contributed by atoms with Crippen LogP contribution in [0.2, 0.25) is 5.02 Å². The number of carbonyl (C=O) groups excluding carboxylic acids is 1. The third-order valence-electron chi connectivity index (χ3n) is 4.79. The predicted molar refractivity (Wildman–Crippen MR) is 112 cm³/mol. The molecule has 10 heteroatoms. The Morgan fingerprint density at radius 2 is 1.84 bits per heavy atom. The van der Waals surface area contributed by atoms with E-state index in [2.05, 4.69) is 10.3 Å². The lowest BCUT2D eigenvalue weighted by molar-refractivity contribution is -0.132. The fourth-order valence-electron chi connectivity index (χ4n) is 2.81. The number of Topliss-reactive ketones (excluding diaryl/α,β-unsaturated/α-hetero) is 1. The van der Waals surface area contributed by atoms with E-state index in [0.717, 1.165) is 12.3 Å². The number of carbonyl (C=O) groups is 2. The maximum atomic E-state index is 14.3. The minimum absolute atomic E-state index is 0.0187. The van der Waals surface area contributed by atoms with Gasteiger partial charge in [-0.15, -0.1) is 0 Å². The fraction of sp³-hybridized carbons (Fsp3) is 0.318. The van der Waals surface area contributed by atoms with Crippen molar-refractivity contribution in [3.8, 4) is 0 Å². The zero-order valence-corrected chi connectivity index (χ0v) is 18.3. The molecule has 3 N–H and O–H groups in total. The summed E-state index contributed by atoms with van der Waals surface area (Å²) in [6.07, 6.45) is 0.461. The number of aliphatic hydroxyl groups excluding tert-OH is 1. The Morgan fingerprint density at radius 3 is 2.41 bits per heavy atom. The van der Waals surface area contributed by atoms with E-state index in [-0.39, 0.29) is 22.8 Å². The average Bonchev–Trinajstić information content (AvgIpc) is 2.69. The minimum Gasteiger partial charge on any atom is -0.477 e. The van der Waals surface area contributed by atoms with Gasteiger partial charge in [0.05, 0.1) is 23.2 Å². The highest BCUT2D eigenvalue weighted by atomic mass is 35.5. The first-order valence-electron chi connectivity index (χ1n) is 9.49. The van der Waals surface area contributed by atoms with E-state index in [1.807, 2.05) is 0 Å². The van der Waals surface area contributed by atoms with Crippen LogP contribution in [0.3, 0.4) is 0 Å². The summed E-state index contributed by atoms with van der Waals surface area (Å²) in [7, 11) is 0. The van der Waals surface area contributed by atoms with Crippen LogP contribution >= 0.6 is 11.6 Å². The molecule has 1 heterocycles. The van der Waals surface area contributed by atoms with Crippen molar-refractivity contribution in [1.29, 1.82) is 0 Å². The van der Waals surface area contributed by atoms with Gasteiger partial charge in [-0.3, -0.25) is 4.79 Å². The lowest BCUT2D eigenvalue weighted by Gasteiger charge is -2.29. The van der Waals surface area contributed by atoms with E-state index in [0.29, 0.717) is 0 Å². The van der Waals surface area contributed by atoms with Gasteiger partial charge in [0.15, 0.2) is 0 Å². The molecule has 0 bridgehead atoms. The molecular weight excluding hydrogens is 449 g/mol. The topological polar surface area (TPSA) is 99.5 Å². The number of carboxylic acids is 1. The first-order chi connectivity index (χ1) is 14.9. The summed E-state index contributed by atoms with van der Waals surface area (Å²) in [6.45, 7) is 4.98. The zero-order chi connectivity index (χ0) is 24.2. The van der Waals surface area contributed by atoms with Gasteiger partial charge in [0.25, 0.3) is 0 Å². The van der Waals surface area contributed by atoms with Crippen molar-refractivity contribution in [1.82, 2.24) is 10.3 Å². The van der Waals surface area contributed by atoms with E-state index < -0.39 is 58.5 Å². The number of hydrogen-bond donors (Lipinski definition) is 3. The molecule has 0 aliphatic carbocycles. The van der Waals surface area contributed by atoms with Crippen molar-refractivity contribution in [2.24, 2.45) is 5.41 Å². The van der Waals surface area contributed by atoms with Crippen molar-refractivity contribution < 1.29 is 33.0 Å². The number of ketones is 1. The Kier molecular flexibility index (Phi) is 8.03. The van der Waals surface area contributed by atoms with Gasteiger partial charge in [-0.05, 0) is 23.1 Å². The third kappa shape index (κ3) is 5.86. The SMILES string of the molecule is CC(C)(C)C(CO)NC=C(C(=O)O)C(=O)c1cc(Cc2cccc(Cl)c2F)c(F)nc1F. The van der Waals surface area contributed by atoms with Gasteiger partial charge < -0.3 is 15.5 Å². The smallest absolute Gasteiger partial charge is 0.341 e. The van der Waals surface area contributed by atoms with E-state index >= 15 is 0 Å². The third-order valence-corrected chi connectivity index (χ3v) is 5.08. The van der Waals surface area contributed by atoms with Gasteiger partial charge in [-0.2, -0.15) is 13.8 Å². The van der Waals surface area contributed by atoms with Crippen LogP contribution in [0, 0.1) is 23.1 Å². The summed E-state index contributed by atoms with van der Waals surface area (Å²) in [6, 6.07) is 4.25. The molecule has 0 saturated carbocycles. The van der Waals surface area contributed by atoms with Crippen LogP contribution in [0.4, 0.5) is 13.2 Å². The molecule has 172 valence electrons. The highest BCUT2D eigenvalue weighted by Gasteiger charge is 2.27. The Balaban J connectivity index is 2.45. The highest BCUT2D eigenvalue weighted by Crippen LogP contribution is 2.24. The summed E-state index contributed by atoms with van der Waals surface area (Å²) < 4.78 is 42.7. The first-order valence-corrected chi connectivity index (χ1v) is 9.87. The number of aliphatic hydroxyl groups is 1. The molecule has 1 aromatic carbocycles. The summed E-state index contributed by atoms with van der Waals surface area (Å²) in [4.78, 5) is 27.4. The number of nitrogens with zero attached hydrogens (tertiary/aromatic N) is 1. The van der Waals surface area contributed by atoms with Crippen LogP contribution in [-0.2, 0) is 11.2 Å². The molecule has 1 unspecified atom stereocenters. The van der Waals surface area contributed by atoms with Crippen LogP contribution in [0.5, 0.6) is 0 Å². The number of carboxylic acid groups (broad SMARTS) is 1. The molecule has 0 aliphatic heterocycles. The average molecular weight is 471 g/mol. The van der Waals surface area contributed by atoms with Crippen molar-refractivity contribution in [3.63, 3.8) is 0 Å². The normalized spacial score (nSPS) is 13.1. The largest absolute Gasteiger partial charge is 0.477 e. The number of nitrogens with one attached hydrogen (secondary N) is 1. The molecule has 0 saturated heterocycles. The molecule has 2 rings (SSSR count). The Hall–Kier alpha value is -2.91. The van der Waals surface area contributed by atoms with Gasteiger partial charge in [0.2, 0.25) is 17.7 Å². The Labute approximate surface area is 187 Å². The molecule has 32 heavy (non-hydrogen) atoms. The number of pyridine rings is 1. The Bertz CT molecular complexity index is 1070. The summed E-state index contributed by atoms with van der Waals surface area (Å²) in [5.41, 5.74) is -2.48. The van der Waals surface area contributed by atoms with Gasteiger partial charge in [0, 0.05) is 18.2 Å². The van der Waals surface area contributed by atoms with Gasteiger partial charge in [-0.25, -0.2) is 9.18 Å². The molecule has 0 radical (unpaired) electrons. The molecule has 6 nitrogen and oxygen atoms in total. The number of aromatic nitrogens is 1. The molecule has 0 fully saturated rings. The predicted octanol–water partition coefficient (Wildman–Crippen LogP) is 3.89. The van der Waals surface area contributed by atoms with Gasteiger partial charge in [0.1, 0.15) is 11.4 Å². The van der Waals surface area contributed by atoms with Crippen LogP contribution in [-0.4, -0.2) is 39.6 Å². The van der Waals surface area contributed by atoms with Crippen LogP contribution in [0.15, 0.2) is 36.0 Å². The van der Waals surface area contributed by atoms with Gasteiger partial charge >= 0.3 is 5.97 Å². The van der Waals surface area contributed by atoms with Crippen molar-refractivity contribution >= 4 is 23.4 Å². The van der Waals surface area contributed by atoms with E-state index in [9.17, 15) is 33.0 Å². The maximum absolute atomic E-state index is 14.3. The number of rotatable bonds is 8. The number of halogens is 4. The molecule has 0 spiro atoms. The standard InChI is InChI=1S/C22H22ClF3N2O4/c1-22(2,3)16(10-29)27-9-14(21(31)32)18(30)13-8-12(19(25)28-20(13)26)7-11-5-4-6-15(23)17(11)24/h4-6,8-9,16,27,29H,7,10H2,1-3H3,(H,31,32). The second kappa shape index (κ2) is 10.1. The van der Waals surface area contributed by atoms with E-state index in [1.54, 1.807) is 20.8 Å². The highest BCUT2D eigenvalue weighted by molar-refractivity contribution is 6.30. The second-order valence-electron chi connectivity index (χ2n) is 8.13. The molecule has 0 amide bonds. The number of aliphatic carboxylic acids is 1. The lowest BCUT2D eigenvalue weighted by Crippen LogP contribution is -2.41. The number of hydrogen-bond acceptors (Lipinski definition) is 5. The monoisotopic (exact) mass is 470 g/mol. The minimum atomic E-state index is -1.67. The Morgan fingerprint density at radius 1 is 1.19 bits per heavy atom. The van der Waals surface area contributed by atoms with Crippen LogP contribution in [0.1, 0.15) is 42.3 Å². The van der Waals surface area contributed by atoms with Crippen molar-refractivity contribution in [2.75, 3.05) is 6.61 Å². The van der Waals surface area contributed by atoms with Crippen molar-refractivity contribution in [2.45, 2.75) is 33.2 Å². The second-order valence-corrected chi connectivity index (χ2v) is 8.53. The quantitative estimate of drug-likeness (QED) is 0.178. The summed E-state index contributed by atoms with van der Waals surface area (Å²) in [5.74, 6) is -6.53. The maximum Gasteiger partial charge on any atom is 0.341 e. The molecule has 1 aromatic heterocycles. The number of benzene rings is 1. The molecular formula is C22H22ClF3N2O4. The zero-order valence-electron chi connectivity index (χ0n) is 17.5. The van der Waals surface area contributed by atoms with Gasteiger partial charge in [-0.1, -0.05) is 44.5 Å². The molecule has 0 aliphatic rings.